The van der Waals surface area contributed by atoms with Crippen LogP contribution in [0.2, 0.25) is 0 Å². The number of furan rings is 2. The van der Waals surface area contributed by atoms with E-state index in [1.165, 1.54) is 21.5 Å². The first-order chi connectivity index (χ1) is 20.3. The summed E-state index contributed by atoms with van der Waals surface area (Å²) in [5, 5.41) is 10.4. The quantitative estimate of drug-likeness (QED) is 0.231. The number of rotatable bonds is 3. The third kappa shape index (κ3) is 3.26. The largest absolute Gasteiger partial charge is 0.452 e. The summed E-state index contributed by atoms with van der Waals surface area (Å²) >= 11 is 0. The number of hydrogen-bond acceptors (Lipinski definition) is 5. The number of pyridine rings is 1. The molecule has 9 rings (SSSR count). The summed E-state index contributed by atoms with van der Waals surface area (Å²) in [6.45, 7) is 0.776. The molecule has 1 aliphatic heterocycles. The van der Waals surface area contributed by atoms with Crippen molar-refractivity contribution in [2.75, 3.05) is 16.8 Å². The van der Waals surface area contributed by atoms with Crippen LogP contribution >= 0.6 is 0 Å². The van der Waals surface area contributed by atoms with Crippen molar-refractivity contribution in [3.8, 4) is 0 Å². The maximum Gasteiger partial charge on any atom is 0.161 e. The van der Waals surface area contributed by atoms with Crippen molar-refractivity contribution in [2.24, 2.45) is 0 Å². The van der Waals surface area contributed by atoms with Crippen LogP contribution in [0, 0.1) is 0 Å². The Kier molecular flexibility index (Phi) is 4.61. The van der Waals surface area contributed by atoms with Gasteiger partial charge in [0.1, 0.15) is 5.52 Å². The monoisotopic (exact) mass is 529 g/mol. The molecule has 194 valence electrons. The number of nitrogens with one attached hydrogen (secondary N) is 1. The van der Waals surface area contributed by atoms with Gasteiger partial charge in [-0.2, -0.15) is 0 Å². The molecule has 3 aromatic heterocycles. The molecule has 5 nitrogen and oxygen atoms in total. The highest BCUT2D eigenvalue weighted by molar-refractivity contribution is 6.13. The van der Waals surface area contributed by atoms with Crippen LogP contribution in [-0.4, -0.2) is 11.5 Å². The van der Waals surface area contributed by atoms with E-state index in [4.69, 9.17) is 8.83 Å². The molecule has 0 fully saturated rings. The van der Waals surface area contributed by atoms with Crippen molar-refractivity contribution >= 4 is 83.4 Å². The molecule has 0 saturated carbocycles. The molecule has 0 amide bonds. The Morgan fingerprint density at radius 3 is 2.32 bits per heavy atom. The zero-order valence-electron chi connectivity index (χ0n) is 22.0. The number of hydrogen-bond donors (Lipinski definition) is 1. The van der Waals surface area contributed by atoms with Gasteiger partial charge in [-0.05, 0) is 76.2 Å². The number of para-hydroxylation sites is 2. The Balaban J connectivity index is 1.38. The van der Waals surface area contributed by atoms with Crippen LogP contribution in [0.3, 0.4) is 0 Å². The van der Waals surface area contributed by atoms with E-state index in [0.29, 0.717) is 0 Å². The summed E-state index contributed by atoms with van der Waals surface area (Å²) in [5.41, 5.74) is 7.12. The Labute approximate surface area is 234 Å². The number of nitrogens with zero attached hydrogens (tertiary/aromatic N) is 2. The molecule has 0 spiro atoms. The molecule has 4 heterocycles. The standard InChI is InChI=1S/C36H23N3O2/c1-2-8-25-22(7-1)15-16-23-17-18-24(21-28(23)25)39(29-11-3-9-26-33-31(40-35(26)29)13-5-19-37-33)30-12-4-10-27-34-32(41-36(27)30)14-6-20-38-34/h1-19,21,38H,20H2. The second kappa shape index (κ2) is 8.47. The molecule has 1 aliphatic rings. The van der Waals surface area contributed by atoms with E-state index < -0.39 is 0 Å². The highest BCUT2D eigenvalue weighted by Gasteiger charge is 2.25. The highest BCUT2D eigenvalue weighted by atomic mass is 16.3. The first-order valence-corrected chi connectivity index (χ1v) is 13.8. The van der Waals surface area contributed by atoms with Gasteiger partial charge in [0.05, 0.1) is 17.1 Å². The van der Waals surface area contributed by atoms with Crippen molar-refractivity contribution in [3.63, 3.8) is 0 Å². The average Bonchev–Trinajstić information content (AvgIpc) is 3.61. The molecule has 5 aromatic carbocycles. The normalized spacial score (nSPS) is 12.9. The van der Waals surface area contributed by atoms with Crippen LogP contribution in [0.4, 0.5) is 22.7 Å². The van der Waals surface area contributed by atoms with Gasteiger partial charge in [0, 0.05) is 29.2 Å². The van der Waals surface area contributed by atoms with E-state index in [1.807, 2.05) is 24.4 Å². The van der Waals surface area contributed by atoms with Crippen molar-refractivity contribution in [3.05, 3.63) is 121 Å². The van der Waals surface area contributed by atoms with Crippen LogP contribution in [0.25, 0.3) is 60.7 Å². The van der Waals surface area contributed by atoms with Crippen molar-refractivity contribution in [2.45, 2.75) is 0 Å². The van der Waals surface area contributed by atoms with Gasteiger partial charge in [-0.15, -0.1) is 0 Å². The minimum Gasteiger partial charge on any atom is -0.452 e. The van der Waals surface area contributed by atoms with Gasteiger partial charge in [-0.1, -0.05) is 60.7 Å². The molecule has 5 heteroatoms. The second-order valence-corrected chi connectivity index (χ2v) is 10.4. The molecule has 1 N–H and O–H groups in total. The molecule has 0 bridgehead atoms. The second-order valence-electron chi connectivity index (χ2n) is 10.4. The van der Waals surface area contributed by atoms with E-state index in [0.717, 1.165) is 68.1 Å². The van der Waals surface area contributed by atoms with Gasteiger partial charge in [0.25, 0.3) is 0 Å². The predicted molar refractivity (Wildman–Crippen MR) is 169 cm³/mol. The van der Waals surface area contributed by atoms with Crippen LogP contribution in [0.5, 0.6) is 0 Å². The number of benzene rings is 5. The predicted octanol–water partition coefficient (Wildman–Crippen LogP) is 9.94. The molecule has 0 aliphatic carbocycles. The third-order valence-electron chi connectivity index (χ3n) is 8.09. The summed E-state index contributed by atoms with van der Waals surface area (Å²) in [6.07, 6.45) is 5.94. The zero-order chi connectivity index (χ0) is 26.9. The van der Waals surface area contributed by atoms with E-state index in [1.54, 1.807) is 0 Å². The first kappa shape index (κ1) is 22.3. The van der Waals surface area contributed by atoms with Gasteiger partial charge in [-0.3, -0.25) is 4.98 Å². The molecule has 0 saturated heterocycles. The summed E-state index contributed by atoms with van der Waals surface area (Å²) < 4.78 is 13.0. The topological polar surface area (TPSA) is 54.4 Å². The Morgan fingerprint density at radius 2 is 1.41 bits per heavy atom. The fourth-order valence-electron chi connectivity index (χ4n) is 6.24. The lowest BCUT2D eigenvalue weighted by atomic mass is 10.0. The van der Waals surface area contributed by atoms with Crippen LogP contribution in [0.1, 0.15) is 5.76 Å². The molecule has 0 radical (unpaired) electrons. The van der Waals surface area contributed by atoms with Crippen molar-refractivity contribution in [1.82, 2.24) is 4.98 Å². The summed E-state index contributed by atoms with van der Waals surface area (Å²) in [5.74, 6) is 0.842. The summed E-state index contributed by atoms with van der Waals surface area (Å²) in [7, 11) is 0. The molecule has 0 unspecified atom stereocenters. The van der Waals surface area contributed by atoms with Gasteiger partial charge in [0.2, 0.25) is 0 Å². The third-order valence-corrected chi connectivity index (χ3v) is 8.09. The molecule has 8 aromatic rings. The molecule has 0 atom stereocenters. The molecular weight excluding hydrogens is 506 g/mol. The number of aromatic nitrogens is 1. The van der Waals surface area contributed by atoms with Crippen molar-refractivity contribution < 1.29 is 8.83 Å². The fourth-order valence-corrected chi connectivity index (χ4v) is 6.24. The van der Waals surface area contributed by atoms with Gasteiger partial charge in [-0.25, -0.2) is 0 Å². The van der Waals surface area contributed by atoms with Crippen LogP contribution in [0.15, 0.2) is 124 Å². The highest BCUT2D eigenvalue weighted by Crippen LogP contribution is 2.47. The minimum absolute atomic E-state index is 0.764. The van der Waals surface area contributed by atoms with Gasteiger partial charge in [0.15, 0.2) is 22.5 Å². The minimum atomic E-state index is 0.764. The number of anilines is 4. The summed E-state index contributed by atoms with van der Waals surface area (Å²) in [4.78, 5) is 6.89. The maximum absolute atomic E-state index is 6.54. The van der Waals surface area contributed by atoms with Crippen molar-refractivity contribution in [1.29, 1.82) is 0 Å². The molecular formula is C36H23N3O2. The van der Waals surface area contributed by atoms with Gasteiger partial charge < -0.3 is 19.1 Å². The van der Waals surface area contributed by atoms with E-state index in [-0.39, 0.29) is 0 Å². The Bertz CT molecular complexity index is 2340. The number of fused-ring (bicyclic) bond motifs is 9. The van der Waals surface area contributed by atoms with E-state index in [2.05, 4.69) is 112 Å². The van der Waals surface area contributed by atoms with Crippen LogP contribution < -0.4 is 10.2 Å². The zero-order valence-corrected chi connectivity index (χ0v) is 22.0. The smallest absolute Gasteiger partial charge is 0.161 e. The molecule has 41 heavy (non-hydrogen) atoms. The lowest BCUT2D eigenvalue weighted by Gasteiger charge is -2.26. The average molecular weight is 530 g/mol. The maximum atomic E-state index is 6.54. The Hall–Kier alpha value is -5.55. The summed E-state index contributed by atoms with van der Waals surface area (Å²) in [6, 6.07) is 36.0. The lowest BCUT2D eigenvalue weighted by molar-refractivity contribution is 0.604. The fraction of sp³-hybridized carbons (Fsp3) is 0.0278. The van der Waals surface area contributed by atoms with E-state index in [9.17, 15) is 0 Å². The van der Waals surface area contributed by atoms with E-state index >= 15 is 0 Å². The first-order valence-electron chi connectivity index (χ1n) is 13.8. The Morgan fingerprint density at radius 1 is 0.659 bits per heavy atom. The van der Waals surface area contributed by atoms with Gasteiger partial charge >= 0.3 is 0 Å². The lowest BCUT2D eigenvalue weighted by Crippen LogP contribution is -2.10. The van der Waals surface area contributed by atoms with Crippen LogP contribution in [-0.2, 0) is 0 Å². The SMILES string of the molecule is C1=Cc2oc3c(N(c4ccc5ccc6ccccc6c5c4)c4cccc5c4oc4cccnc45)cccc3c2NC1.